The molecule has 1 aromatic rings. The normalized spacial score (nSPS) is 10.2. The van der Waals surface area contributed by atoms with E-state index in [0.717, 1.165) is 6.54 Å². The molecule has 0 radical (unpaired) electrons. The molecule has 0 bridgehead atoms. The number of hydrogen-bond donors (Lipinski definition) is 2. The van der Waals surface area contributed by atoms with Crippen LogP contribution in [0.3, 0.4) is 0 Å². The Bertz CT molecular complexity index is 352. The average molecular weight is 263 g/mol. The second-order valence-corrected chi connectivity index (χ2v) is 3.70. The lowest BCUT2D eigenvalue weighted by Gasteiger charge is -2.07. The fraction of sp³-hybridized carbons (Fsp3) is 0.444. The molecule has 1 heterocycles. The summed E-state index contributed by atoms with van der Waals surface area (Å²) in [5, 5.41) is 5.88. The SMILES string of the molecule is CCNCCC(=O)Nc1c(Cl)ncnc1Cl. The smallest absolute Gasteiger partial charge is 0.225 e. The van der Waals surface area contributed by atoms with Crippen LogP contribution in [0.15, 0.2) is 6.33 Å². The molecule has 7 heteroatoms. The van der Waals surface area contributed by atoms with Gasteiger partial charge in [0, 0.05) is 13.0 Å². The minimum absolute atomic E-state index is 0.136. The number of carbonyl (C=O) groups excluding carboxylic acids is 1. The van der Waals surface area contributed by atoms with E-state index in [1.54, 1.807) is 0 Å². The summed E-state index contributed by atoms with van der Waals surface area (Å²) in [5.74, 6) is -0.181. The Kier molecular flexibility index (Phi) is 5.45. The van der Waals surface area contributed by atoms with Gasteiger partial charge in [0.05, 0.1) is 0 Å². The second-order valence-electron chi connectivity index (χ2n) is 2.98. The Balaban J connectivity index is 2.56. The molecule has 0 spiro atoms. The average Bonchev–Trinajstić information content (AvgIpc) is 2.24. The van der Waals surface area contributed by atoms with Gasteiger partial charge in [-0.2, -0.15) is 0 Å². The highest BCUT2D eigenvalue weighted by atomic mass is 35.5. The predicted molar refractivity (Wildman–Crippen MR) is 63.8 cm³/mol. The van der Waals surface area contributed by atoms with Gasteiger partial charge in [-0.15, -0.1) is 0 Å². The van der Waals surface area contributed by atoms with Crippen LogP contribution in [0.4, 0.5) is 5.69 Å². The molecule has 2 N–H and O–H groups in total. The first-order chi connectivity index (χ1) is 7.65. The van der Waals surface area contributed by atoms with Crippen LogP contribution in [0.1, 0.15) is 13.3 Å². The van der Waals surface area contributed by atoms with Crippen LogP contribution in [0.25, 0.3) is 0 Å². The minimum atomic E-state index is -0.181. The molecule has 16 heavy (non-hydrogen) atoms. The van der Waals surface area contributed by atoms with Crippen molar-refractivity contribution in [2.75, 3.05) is 18.4 Å². The minimum Gasteiger partial charge on any atom is -0.321 e. The van der Waals surface area contributed by atoms with Crippen LogP contribution in [0.2, 0.25) is 10.3 Å². The molecule has 1 amide bonds. The first-order valence-corrected chi connectivity index (χ1v) is 5.57. The van der Waals surface area contributed by atoms with Gasteiger partial charge < -0.3 is 10.6 Å². The maximum atomic E-state index is 11.5. The van der Waals surface area contributed by atoms with Crippen LogP contribution in [-0.4, -0.2) is 29.0 Å². The van der Waals surface area contributed by atoms with Gasteiger partial charge in [0.25, 0.3) is 0 Å². The van der Waals surface area contributed by atoms with Gasteiger partial charge in [0.2, 0.25) is 5.91 Å². The fourth-order valence-electron chi connectivity index (χ4n) is 1.03. The highest BCUT2D eigenvalue weighted by Crippen LogP contribution is 2.25. The van der Waals surface area contributed by atoms with Gasteiger partial charge in [0.1, 0.15) is 12.0 Å². The maximum absolute atomic E-state index is 11.5. The number of rotatable bonds is 5. The van der Waals surface area contributed by atoms with Crippen molar-refractivity contribution < 1.29 is 4.79 Å². The first kappa shape index (κ1) is 13.2. The van der Waals surface area contributed by atoms with Gasteiger partial charge in [-0.1, -0.05) is 30.1 Å². The van der Waals surface area contributed by atoms with E-state index >= 15 is 0 Å². The van der Waals surface area contributed by atoms with Crippen molar-refractivity contribution in [1.29, 1.82) is 0 Å². The monoisotopic (exact) mass is 262 g/mol. The molecule has 0 saturated heterocycles. The molecule has 1 aromatic heterocycles. The number of amides is 1. The highest BCUT2D eigenvalue weighted by molar-refractivity contribution is 6.38. The molecule has 0 unspecified atom stereocenters. The van der Waals surface area contributed by atoms with Gasteiger partial charge in [-0.05, 0) is 6.54 Å². The third kappa shape index (κ3) is 3.92. The van der Waals surface area contributed by atoms with Crippen LogP contribution < -0.4 is 10.6 Å². The van der Waals surface area contributed by atoms with E-state index in [4.69, 9.17) is 23.2 Å². The van der Waals surface area contributed by atoms with Crippen LogP contribution in [-0.2, 0) is 4.79 Å². The van der Waals surface area contributed by atoms with Crippen molar-refractivity contribution in [3.8, 4) is 0 Å². The largest absolute Gasteiger partial charge is 0.321 e. The van der Waals surface area contributed by atoms with Crippen LogP contribution in [0.5, 0.6) is 0 Å². The van der Waals surface area contributed by atoms with Crippen molar-refractivity contribution >= 4 is 34.8 Å². The predicted octanol–water partition coefficient (Wildman–Crippen LogP) is 1.72. The first-order valence-electron chi connectivity index (χ1n) is 4.81. The molecular weight excluding hydrogens is 251 g/mol. The second kappa shape index (κ2) is 6.62. The van der Waals surface area contributed by atoms with Crippen molar-refractivity contribution in [2.24, 2.45) is 0 Å². The van der Waals surface area contributed by atoms with Crippen molar-refractivity contribution in [3.05, 3.63) is 16.6 Å². The number of aromatic nitrogens is 2. The van der Waals surface area contributed by atoms with E-state index < -0.39 is 0 Å². The van der Waals surface area contributed by atoms with Gasteiger partial charge in [-0.25, -0.2) is 9.97 Å². The number of carbonyl (C=O) groups is 1. The lowest BCUT2D eigenvalue weighted by Crippen LogP contribution is -2.21. The summed E-state index contributed by atoms with van der Waals surface area (Å²) >= 11 is 11.5. The van der Waals surface area contributed by atoms with E-state index in [-0.39, 0.29) is 21.9 Å². The van der Waals surface area contributed by atoms with E-state index in [1.807, 2.05) is 6.92 Å². The molecule has 0 aliphatic heterocycles. The number of nitrogens with one attached hydrogen (secondary N) is 2. The lowest BCUT2D eigenvalue weighted by atomic mass is 10.4. The third-order valence-corrected chi connectivity index (χ3v) is 2.37. The van der Waals surface area contributed by atoms with Crippen molar-refractivity contribution in [3.63, 3.8) is 0 Å². The van der Waals surface area contributed by atoms with E-state index in [0.29, 0.717) is 13.0 Å². The molecule has 88 valence electrons. The summed E-state index contributed by atoms with van der Waals surface area (Å²) < 4.78 is 0. The Hall–Kier alpha value is -0.910. The molecule has 0 atom stereocenters. The van der Waals surface area contributed by atoms with Crippen LogP contribution in [0, 0.1) is 0 Å². The Morgan fingerprint density at radius 2 is 2.00 bits per heavy atom. The standard InChI is InChI=1S/C9H12Cl2N4O/c1-2-12-4-3-6(16)15-7-8(10)13-5-14-9(7)11/h5,12H,2-4H2,1H3,(H,15,16). The summed E-state index contributed by atoms with van der Waals surface area (Å²) in [6.07, 6.45) is 1.58. The van der Waals surface area contributed by atoms with E-state index in [1.165, 1.54) is 6.33 Å². The van der Waals surface area contributed by atoms with Crippen LogP contribution >= 0.6 is 23.2 Å². The number of nitrogens with zero attached hydrogens (tertiary/aromatic N) is 2. The Labute approximate surface area is 104 Å². The zero-order chi connectivity index (χ0) is 12.0. The summed E-state index contributed by atoms with van der Waals surface area (Å²) in [6.45, 7) is 3.39. The molecule has 5 nitrogen and oxygen atoms in total. The summed E-state index contributed by atoms with van der Waals surface area (Å²) in [6, 6.07) is 0. The Morgan fingerprint density at radius 3 is 2.56 bits per heavy atom. The van der Waals surface area contributed by atoms with Gasteiger partial charge in [0.15, 0.2) is 10.3 Å². The molecule has 1 rings (SSSR count). The molecular formula is C9H12Cl2N4O. The molecule has 0 aliphatic carbocycles. The summed E-state index contributed by atoms with van der Waals surface area (Å²) in [5.41, 5.74) is 0.257. The molecule has 0 saturated carbocycles. The number of anilines is 1. The van der Waals surface area contributed by atoms with E-state index in [9.17, 15) is 4.79 Å². The lowest BCUT2D eigenvalue weighted by molar-refractivity contribution is -0.116. The maximum Gasteiger partial charge on any atom is 0.225 e. The highest BCUT2D eigenvalue weighted by Gasteiger charge is 2.10. The number of halogens is 2. The molecule has 0 aliphatic rings. The van der Waals surface area contributed by atoms with Gasteiger partial charge in [-0.3, -0.25) is 4.79 Å². The summed E-state index contributed by atoms with van der Waals surface area (Å²) in [4.78, 5) is 18.9. The zero-order valence-corrected chi connectivity index (χ0v) is 10.3. The number of hydrogen-bond acceptors (Lipinski definition) is 4. The zero-order valence-electron chi connectivity index (χ0n) is 8.76. The molecule has 0 aromatic carbocycles. The topological polar surface area (TPSA) is 66.9 Å². The van der Waals surface area contributed by atoms with Gasteiger partial charge >= 0.3 is 0 Å². The Morgan fingerprint density at radius 1 is 1.38 bits per heavy atom. The quantitative estimate of drug-likeness (QED) is 0.627. The van der Waals surface area contributed by atoms with E-state index in [2.05, 4.69) is 20.6 Å². The fourth-order valence-corrected chi connectivity index (χ4v) is 1.44. The van der Waals surface area contributed by atoms with Crippen molar-refractivity contribution in [1.82, 2.24) is 15.3 Å². The van der Waals surface area contributed by atoms with Crippen molar-refractivity contribution in [2.45, 2.75) is 13.3 Å². The molecule has 0 fully saturated rings. The third-order valence-electron chi connectivity index (χ3n) is 1.80. The summed E-state index contributed by atoms with van der Waals surface area (Å²) in [7, 11) is 0.